The van der Waals surface area contributed by atoms with Gasteiger partial charge in [0.25, 0.3) is 5.91 Å². The van der Waals surface area contributed by atoms with Crippen molar-refractivity contribution in [2.45, 2.75) is 26.2 Å². The molecule has 2 aromatic carbocycles. The second-order valence-corrected chi connectivity index (χ2v) is 10.9. The van der Waals surface area contributed by atoms with Gasteiger partial charge < -0.3 is 4.90 Å². The Labute approximate surface area is 223 Å². The van der Waals surface area contributed by atoms with Crippen LogP contribution in [0, 0.1) is 0 Å². The number of aromatic nitrogens is 3. The van der Waals surface area contributed by atoms with Gasteiger partial charge in [0.05, 0.1) is 11.4 Å². The number of benzene rings is 2. The van der Waals surface area contributed by atoms with E-state index in [-0.39, 0.29) is 11.3 Å². The van der Waals surface area contributed by atoms with E-state index in [2.05, 4.69) is 50.0 Å². The summed E-state index contributed by atoms with van der Waals surface area (Å²) in [6, 6.07) is 21.7. The fraction of sp³-hybridized carbons (Fsp3) is 0.300. The molecule has 0 atom stereocenters. The molecule has 1 aliphatic rings. The highest BCUT2D eigenvalue weighted by Crippen LogP contribution is 2.29. The predicted molar refractivity (Wildman–Crippen MR) is 150 cm³/mol. The first kappa shape index (κ1) is 25.2. The van der Waals surface area contributed by atoms with Crippen molar-refractivity contribution in [1.29, 1.82) is 0 Å². The van der Waals surface area contributed by atoms with Crippen LogP contribution in [-0.4, -0.2) is 63.0 Å². The quantitative estimate of drug-likeness (QED) is 0.337. The molecule has 6 nitrogen and oxygen atoms in total. The third kappa shape index (κ3) is 5.60. The van der Waals surface area contributed by atoms with Crippen LogP contribution in [-0.2, 0) is 5.41 Å². The summed E-state index contributed by atoms with van der Waals surface area (Å²) < 4.78 is 1.69. The Balaban J connectivity index is 1.38. The van der Waals surface area contributed by atoms with Gasteiger partial charge in [-0.3, -0.25) is 9.69 Å². The molecule has 0 bridgehead atoms. The lowest BCUT2D eigenvalue weighted by atomic mass is 9.93. The maximum atomic E-state index is 13.8. The molecule has 1 fully saturated rings. The Kier molecular flexibility index (Phi) is 7.13. The van der Waals surface area contributed by atoms with E-state index in [1.165, 1.54) is 5.56 Å². The largest absolute Gasteiger partial charge is 0.335 e. The number of halogens is 1. The Morgan fingerprint density at radius 3 is 2.38 bits per heavy atom. The number of rotatable bonds is 5. The third-order valence-electron chi connectivity index (χ3n) is 6.70. The van der Waals surface area contributed by atoms with E-state index in [1.807, 2.05) is 59.5 Å². The molecule has 3 heterocycles. The van der Waals surface area contributed by atoms with Gasteiger partial charge in [-0.1, -0.05) is 93.1 Å². The topological polar surface area (TPSA) is 53.7 Å². The maximum absolute atomic E-state index is 13.8. The molecule has 37 heavy (non-hydrogen) atoms. The minimum absolute atomic E-state index is 0.0382. The van der Waals surface area contributed by atoms with Gasteiger partial charge in [-0.25, -0.2) is 9.50 Å². The van der Waals surface area contributed by atoms with Crippen molar-refractivity contribution in [1.82, 2.24) is 24.4 Å². The van der Waals surface area contributed by atoms with Crippen molar-refractivity contribution in [3.8, 4) is 11.3 Å². The molecule has 1 amide bonds. The number of fused-ring (bicyclic) bond motifs is 1. The lowest BCUT2D eigenvalue weighted by molar-refractivity contribution is 0.0641. The normalized spacial score (nSPS) is 15.1. The summed E-state index contributed by atoms with van der Waals surface area (Å²) in [5.74, 6) is -0.0382. The van der Waals surface area contributed by atoms with Crippen LogP contribution in [0.25, 0.3) is 23.0 Å². The summed E-state index contributed by atoms with van der Waals surface area (Å²) in [4.78, 5) is 22.9. The molecule has 190 valence electrons. The summed E-state index contributed by atoms with van der Waals surface area (Å²) in [5, 5.41) is 5.40. The van der Waals surface area contributed by atoms with E-state index in [1.54, 1.807) is 4.52 Å². The molecule has 0 saturated carbocycles. The van der Waals surface area contributed by atoms with Crippen molar-refractivity contribution >= 4 is 29.2 Å². The molecular weight excluding hydrogens is 482 g/mol. The highest BCUT2D eigenvalue weighted by molar-refractivity contribution is 6.33. The van der Waals surface area contributed by atoms with Gasteiger partial charge in [0.1, 0.15) is 5.69 Å². The molecule has 5 rings (SSSR count). The monoisotopic (exact) mass is 513 g/mol. The molecule has 7 heteroatoms. The molecule has 0 radical (unpaired) electrons. The third-order valence-corrected chi connectivity index (χ3v) is 7.03. The fourth-order valence-electron chi connectivity index (χ4n) is 4.50. The van der Waals surface area contributed by atoms with Crippen LogP contribution in [0.4, 0.5) is 0 Å². The minimum Gasteiger partial charge on any atom is -0.335 e. The number of amides is 1. The molecule has 4 aromatic rings. The van der Waals surface area contributed by atoms with Crippen LogP contribution in [0.3, 0.4) is 0 Å². The first-order valence-corrected chi connectivity index (χ1v) is 13.1. The SMILES string of the molecule is CC(C)(C)c1cc2nc(-c3ccccc3Cl)cc(C(=O)N3CCN(C/C=C/c4ccccc4)CC3)n2n1. The molecule has 2 aromatic heterocycles. The van der Waals surface area contributed by atoms with Crippen LogP contribution in [0.5, 0.6) is 0 Å². The standard InChI is InChI=1S/C30H32ClN5O/c1-30(2,3)27-21-28-32-25(23-13-7-8-14-24(23)31)20-26(36(28)33-27)29(37)35-18-16-34(17-19-35)15-9-12-22-10-5-4-6-11-22/h4-14,20-21H,15-19H2,1-3H3/b12-9+. The second-order valence-electron chi connectivity index (χ2n) is 10.5. The van der Waals surface area contributed by atoms with Crippen molar-refractivity contribution in [3.05, 3.63) is 94.8 Å². The van der Waals surface area contributed by atoms with Gasteiger partial charge >= 0.3 is 0 Å². The lowest BCUT2D eigenvalue weighted by Gasteiger charge is -2.34. The number of carbonyl (C=O) groups is 1. The van der Waals surface area contributed by atoms with Gasteiger partial charge in [-0.15, -0.1) is 0 Å². The summed E-state index contributed by atoms with van der Waals surface area (Å²) in [6.45, 7) is 10.2. The lowest BCUT2D eigenvalue weighted by Crippen LogP contribution is -2.49. The van der Waals surface area contributed by atoms with Crippen LogP contribution < -0.4 is 0 Å². The maximum Gasteiger partial charge on any atom is 0.272 e. The molecule has 0 unspecified atom stereocenters. The van der Waals surface area contributed by atoms with E-state index >= 15 is 0 Å². The summed E-state index contributed by atoms with van der Waals surface area (Å²) >= 11 is 6.50. The number of nitrogens with zero attached hydrogens (tertiary/aromatic N) is 5. The molecule has 1 saturated heterocycles. The predicted octanol–water partition coefficient (Wildman–Crippen LogP) is 5.82. The molecule has 0 aliphatic carbocycles. The van der Waals surface area contributed by atoms with E-state index in [4.69, 9.17) is 21.7 Å². The van der Waals surface area contributed by atoms with Crippen LogP contribution in [0.2, 0.25) is 5.02 Å². The first-order valence-electron chi connectivity index (χ1n) is 12.7. The molecule has 1 aliphatic heterocycles. The van der Waals surface area contributed by atoms with Crippen molar-refractivity contribution in [3.63, 3.8) is 0 Å². The smallest absolute Gasteiger partial charge is 0.272 e. The number of carbonyl (C=O) groups excluding carboxylic acids is 1. The number of hydrogen-bond acceptors (Lipinski definition) is 4. The highest BCUT2D eigenvalue weighted by atomic mass is 35.5. The van der Waals surface area contributed by atoms with Gasteiger partial charge in [0.15, 0.2) is 5.65 Å². The van der Waals surface area contributed by atoms with Crippen LogP contribution in [0.15, 0.2) is 72.8 Å². The Morgan fingerprint density at radius 2 is 1.68 bits per heavy atom. The molecule has 0 N–H and O–H groups in total. The zero-order valence-corrected chi connectivity index (χ0v) is 22.3. The van der Waals surface area contributed by atoms with E-state index in [0.717, 1.165) is 30.9 Å². The number of piperazine rings is 1. The zero-order chi connectivity index (χ0) is 26.0. The van der Waals surface area contributed by atoms with E-state index < -0.39 is 0 Å². The fourth-order valence-corrected chi connectivity index (χ4v) is 4.73. The van der Waals surface area contributed by atoms with Crippen molar-refractivity contribution in [2.75, 3.05) is 32.7 Å². The Morgan fingerprint density at radius 1 is 0.973 bits per heavy atom. The Bertz CT molecular complexity index is 1430. The first-order chi connectivity index (χ1) is 17.8. The van der Waals surface area contributed by atoms with Crippen LogP contribution in [0.1, 0.15) is 42.5 Å². The minimum atomic E-state index is -0.169. The van der Waals surface area contributed by atoms with Gasteiger partial charge in [0, 0.05) is 54.8 Å². The summed E-state index contributed by atoms with van der Waals surface area (Å²) in [6.07, 6.45) is 4.33. The Hall–Kier alpha value is -3.48. The average Bonchev–Trinajstić information content (AvgIpc) is 3.34. The average molecular weight is 514 g/mol. The van der Waals surface area contributed by atoms with Crippen LogP contribution >= 0.6 is 11.6 Å². The highest BCUT2D eigenvalue weighted by Gasteiger charge is 2.27. The summed E-state index contributed by atoms with van der Waals surface area (Å²) in [7, 11) is 0. The number of hydrogen-bond donors (Lipinski definition) is 0. The van der Waals surface area contributed by atoms with Crippen molar-refractivity contribution in [2.24, 2.45) is 0 Å². The summed E-state index contributed by atoms with van der Waals surface area (Å²) in [5.41, 5.74) is 4.54. The molecule has 0 spiro atoms. The van der Waals surface area contributed by atoms with Gasteiger partial charge in [0.2, 0.25) is 0 Å². The zero-order valence-electron chi connectivity index (χ0n) is 21.6. The van der Waals surface area contributed by atoms with E-state index in [0.29, 0.717) is 35.1 Å². The van der Waals surface area contributed by atoms with E-state index in [9.17, 15) is 4.79 Å². The van der Waals surface area contributed by atoms with Gasteiger partial charge in [-0.2, -0.15) is 5.10 Å². The van der Waals surface area contributed by atoms with Gasteiger partial charge in [-0.05, 0) is 17.7 Å². The molecular formula is C30H32ClN5O. The van der Waals surface area contributed by atoms with Crippen molar-refractivity contribution < 1.29 is 4.79 Å². The second kappa shape index (κ2) is 10.5.